The Labute approximate surface area is 101 Å². The van der Waals surface area contributed by atoms with E-state index in [0.29, 0.717) is 5.78 Å². The SMILES string of the molecule is CCCCCCCC(=O)CC1CCCCC1. The van der Waals surface area contributed by atoms with E-state index in [2.05, 4.69) is 6.92 Å². The van der Waals surface area contributed by atoms with Crippen molar-refractivity contribution in [3.63, 3.8) is 0 Å². The first-order valence-corrected chi connectivity index (χ1v) is 7.34. The zero-order chi connectivity index (χ0) is 11.6. The van der Waals surface area contributed by atoms with Crippen LogP contribution in [0.4, 0.5) is 0 Å². The fourth-order valence-electron chi connectivity index (χ4n) is 2.74. The van der Waals surface area contributed by atoms with E-state index in [4.69, 9.17) is 0 Å². The van der Waals surface area contributed by atoms with Crippen LogP contribution >= 0.6 is 0 Å². The summed E-state index contributed by atoms with van der Waals surface area (Å²) in [6, 6.07) is 0. The van der Waals surface area contributed by atoms with Crippen LogP contribution in [0.2, 0.25) is 0 Å². The van der Waals surface area contributed by atoms with Crippen LogP contribution in [0.15, 0.2) is 0 Å². The summed E-state index contributed by atoms with van der Waals surface area (Å²) in [5.41, 5.74) is 0. The number of carbonyl (C=O) groups excluding carboxylic acids is 1. The molecule has 1 nitrogen and oxygen atoms in total. The van der Waals surface area contributed by atoms with Gasteiger partial charge in [-0.2, -0.15) is 0 Å². The van der Waals surface area contributed by atoms with E-state index < -0.39 is 0 Å². The van der Waals surface area contributed by atoms with E-state index in [9.17, 15) is 4.79 Å². The molecule has 1 heteroatoms. The normalized spacial score (nSPS) is 17.6. The molecule has 0 aliphatic heterocycles. The number of Topliss-reactive ketones (excluding diaryl/α,β-unsaturated/α-hetero) is 1. The lowest BCUT2D eigenvalue weighted by Crippen LogP contribution is -2.11. The summed E-state index contributed by atoms with van der Waals surface area (Å²) in [6.45, 7) is 2.23. The topological polar surface area (TPSA) is 17.1 Å². The van der Waals surface area contributed by atoms with Crippen molar-refractivity contribution in [2.45, 2.75) is 84.0 Å². The van der Waals surface area contributed by atoms with Gasteiger partial charge in [-0.3, -0.25) is 4.79 Å². The minimum Gasteiger partial charge on any atom is -0.300 e. The molecule has 0 N–H and O–H groups in total. The Bertz CT molecular complexity index is 180. The smallest absolute Gasteiger partial charge is 0.133 e. The first-order chi connectivity index (χ1) is 7.83. The summed E-state index contributed by atoms with van der Waals surface area (Å²) in [5.74, 6) is 1.26. The first-order valence-electron chi connectivity index (χ1n) is 7.34. The van der Waals surface area contributed by atoms with Crippen molar-refractivity contribution in [2.75, 3.05) is 0 Å². The zero-order valence-electron chi connectivity index (χ0n) is 11.0. The number of hydrogen-bond donors (Lipinski definition) is 0. The van der Waals surface area contributed by atoms with E-state index in [0.717, 1.165) is 25.2 Å². The van der Waals surface area contributed by atoms with Crippen molar-refractivity contribution in [1.29, 1.82) is 0 Å². The number of unbranched alkanes of at least 4 members (excludes halogenated alkanes) is 4. The highest BCUT2D eigenvalue weighted by molar-refractivity contribution is 5.78. The van der Waals surface area contributed by atoms with Gasteiger partial charge in [0.05, 0.1) is 0 Å². The van der Waals surface area contributed by atoms with Gasteiger partial charge in [0.15, 0.2) is 0 Å². The Morgan fingerprint density at radius 2 is 1.69 bits per heavy atom. The lowest BCUT2D eigenvalue weighted by atomic mass is 9.85. The second-order valence-corrected chi connectivity index (χ2v) is 5.41. The molecule has 0 radical (unpaired) electrons. The van der Waals surface area contributed by atoms with Crippen molar-refractivity contribution in [1.82, 2.24) is 0 Å². The predicted octanol–water partition coefficient (Wildman–Crippen LogP) is 4.89. The van der Waals surface area contributed by atoms with Crippen LogP contribution in [0.3, 0.4) is 0 Å². The molecule has 0 heterocycles. The summed E-state index contributed by atoms with van der Waals surface area (Å²) in [4.78, 5) is 11.7. The van der Waals surface area contributed by atoms with Crippen molar-refractivity contribution < 1.29 is 4.79 Å². The van der Waals surface area contributed by atoms with Gasteiger partial charge in [-0.05, 0) is 12.3 Å². The summed E-state index contributed by atoms with van der Waals surface area (Å²) >= 11 is 0. The highest BCUT2D eigenvalue weighted by atomic mass is 16.1. The Kier molecular flexibility index (Phi) is 7.54. The molecule has 0 saturated heterocycles. The summed E-state index contributed by atoms with van der Waals surface area (Å²) < 4.78 is 0. The van der Waals surface area contributed by atoms with Gasteiger partial charge in [0.1, 0.15) is 5.78 Å². The lowest BCUT2D eigenvalue weighted by Gasteiger charge is -2.20. The molecular weight excluding hydrogens is 196 g/mol. The van der Waals surface area contributed by atoms with Crippen molar-refractivity contribution in [3.05, 3.63) is 0 Å². The highest BCUT2D eigenvalue weighted by Gasteiger charge is 2.16. The third kappa shape index (κ3) is 6.30. The molecule has 94 valence electrons. The Morgan fingerprint density at radius 3 is 2.38 bits per heavy atom. The number of ketones is 1. The van der Waals surface area contributed by atoms with Crippen LogP contribution in [-0.4, -0.2) is 5.78 Å². The van der Waals surface area contributed by atoms with Gasteiger partial charge in [-0.15, -0.1) is 0 Å². The molecule has 1 saturated carbocycles. The van der Waals surface area contributed by atoms with Crippen LogP contribution in [-0.2, 0) is 4.79 Å². The quantitative estimate of drug-likeness (QED) is 0.537. The summed E-state index contributed by atoms with van der Waals surface area (Å²) in [5, 5.41) is 0. The van der Waals surface area contributed by atoms with Gasteiger partial charge in [-0.1, -0.05) is 64.7 Å². The van der Waals surface area contributed by atoms with Crippen molar-refractivity contribution in [2.24, 2.45) is 5.92 Å². The monoisotopic (exact) mass is 224 g/mol. The van der Waals surface area contributed by atoms with Gasteiger partial charge >= 0.3 is 0 Å². The number of hydrogen-bond acceptors (Lipinski definition) is 1. The van der Waals surface area contributed by atoms with E-state index >= 15 is 0 Å². The van der Waals surface area contributed by atoms with Crippen LogP contribution in [0, 0.1) is 5.92 Å². The molecule has 0 aromatic heterocycles. The van der Waals surface area contributed by atoms with Gasteiger partial charge in [-0.25, -0.2) is 0 Å². The fourth-order valence-corrected chi connectivity index (χ4v) is 2.74. The van der Waals surface area contributed by atoms with Crippen molar-refractivity contribution >= 4 is 5.78 Å². The van der Waals surface area contributed by atoms with Gasteiger partial charge in [0.2, 0.25) is 0 Å². The van der Waals surface area contributed by atoms with E-state index in [1.165, 1.54) is 57.8 Å². The minimum atomic E-state index is 0.531. The second kappa shape index (κ2) is 8.78. The first kappa shape index (κ1) is 13.7. The third-order valence-corrected chi connectivity index (χ3v) is 3.80. The minimum absolute atomic E-state index is 0.531. The summed E-state index contributed by atoms with van der Waals surface area (Å²) in [7, 11) is 0. The average molecular weight is 224 g/mol. The molecule has 16 heavy (non-hydrogen) atoms. The Morgan fingerprint density at radius 1 is 1.00 bits per heavy atom. The molecule has 0 aromatic rings. The lowest BCUT2D eigenvalue weighted by molar-refractivity contribution is -0.120. The summed E-state index contributed by atoms with van der Waals surface area (Å²) in [6.07, 6.45) is 14.8. The Balaban J connectivity index is 1.97. The molecule has 0 atom stereocenters. The molecule has 1 fully saturated rings. The number of carbonyl (C=O) groups is 1. The average Bonchev–Trinajstić information content (AvgIpc) is 2.30. The molecule has 0 aromatic carbocycles. The Hall–Kier alpha value is -0.330. The van der Waals surface area contributed by atoms with Crippen LogP contribution in [0.1, 0.15) is 84.0 Å². The van der Waals surface area contributed by atoms with E-state index in [-0.39, 0.29) is 0 Å². The molecule has 1 aliphatic carbocycles. The van der Waals surface area contributed by atoms with Gasteiger partial charge < -0.3 is 0 Å². The maximum absolute atomic E-state index is 11.7. The van der Waals surface area contributed by atoms with Crippen LogP contribution < -0.4 is 0 Å². The van der Waals surface area contributed by atoms with Gasteiger partial charge in [0.25, 0.3) is 0 Å². The maximum Gasteiger partial charge on any atom is 0.133 e. The van der Waals surface area contributed by atoms with Gasteiger partial charge in [0, 0.05) is 12.8 Å². The van der Waals surface area contributed by atoms with Crippen LogP contribution in [0.5, 0.6) is 0 Å². The fraction of sp³-hybridized carbons (Fsp3) is 0.933. The second-order valence-electron chi connectivity index (χ2n) is 5.41. The predicted molar refractivity (Wildman–Crippen MR) is 69.6 cm³/mol. The highest BCUT2D eigenvalue weighted by Crippen LogP contribution is 2.27. The maximum atomic E-state index is 11.7. The van der Waals surface area contributed by atoms with Crippen LogP contribution in [0.25, 0.3) is 0 Å². The molecule has 1 rings (SSSR count). The molecule has 1 aliphatic rings. The largest absolute Gasteiger partial charge is 0.300 e. The third-order valence-electron chi connectivity index (χ3n) is 3.80. The van der Waals surface area contributed by atoms with E-state index in [1.807, 2.05) is 0 Å². The van der Waals surface area contributed by atoms with Crippen molar-refractivity contribution in [3.8, 4) is 0 Å². The molecule has 0 amide bonds. The molecular formula is C15H28O. The molecule has 0 bridgehead atoms. The molecule has 0 spiro atoms. The number of rotatable bonds is 8. The van der Waals surface area contributed by atoms with E-state index in [1.54, 1.807) is 0 Å². The standard InChI is InChI=1S/C15H28O/c1-2-3-4-5-9-12-15(16)13-14-10-7-6-8-11-14/h14H,2-13H2,1H3. The molecule has 0 unspecified atom stereocenters. The zero-order valence-corrected chi connectivity index (χ0v) is 11.0.